The Labute approximate surface area is 115 Å². The predicted octanol–water partition coefficient (Wildman–Crippen LogP) is 3.06. The first-order valence-electron chi connectivity index (χ1n) is 6.55. The van der Waals surface area contributed by atoms with E-state index in [1.54, 1.807) is 13.8 Å². The molecule has 0 spiro atoms. The minimum Gasteiger partial charge on any atom is -0.350 e. The van der Waals surface area contributed by atoms with Gasteiger partial charge in [0, 0.05) is 5.54 Å². The van der Waals surface area contributed by atoms with Crippen LogP contribution in [0.2, 0.25) is 0 Å². The average Bonchev–Trinajstić information content (AvgIpc) is 2.37. The Morgan fingerprint density at radius 3 is 2.32 bits per heavy atom. The molecule has 0 aromatic heterocycles. The van der Waals surface area contributed by atoms with Crippen LogP contribution in [0.5, 0.6) is 0 Å². The lowest BCUT2D eigenvalue weighted by atomic mass is 9.90. The lowest BCUT2D eigenvalue weighted by Gasteiger charge is -2.29. The molecule has 19 heavy (non-hydrogen) atoms. The number of nitriles is 1. The molecule has 3 nitrogen and oxygen atoms in total. The number of nitrogens with zero attached hydrogens (tertiary/aromatic N) is 1. The molecule has 0 aliphatic carbocycles. The highest BCUT2D eigenvalue weighted by Gasteiger charge is 2.31. The molecule has 1 amide bonds. The number of aryl methyl sites for hydroxylation is 1. The van der Waals surface area contributed by atoms with Gasteiger partial charge in [-0.15, -0.1) is 0 Å². The van der Waals surface area contributed by atoms with Crippen LogP contribution in [-0.4, -0.2) is 11.4 Å². The second-order valence-electron chi connectivity index (χ2n) is 6.06. The summed E-state index contributed by atoms with van der Waals surface area (Å²) in [5, 5.41) is 11.9. The van der Waals surface area contributed by atoms with Crippen molar-refractivity contribution in [3.05, 3.63) is 35.9 Å². The maximum atomic E-state index is 12.0. The summed E-state index contributed by atoms with van der Waals surface area (Å²) in [7, 11) is 0. The topological polar surface area (TPSA) is 52.9 Å². The molecule has 1 N–H and O–H groups in total. The first kappa shape index (κ1) is 15.2. The summed E-state index contributed by atoms with van der Waals surface area (Å²) in [4.78, 5) is 12.0. The molecule has 0 saturated heterocycles. The quantitative estimate of drug-likeness (QED) is 0.882. The monoisotopic (exact) mass is 258 g/mol. The number of carbonyl (C=O) groups excluding carboxylic acids is 1. The van der Waals surface area contributed by atoms with Crippen LogP contribution >= 0.6 is 0 Å². The Morgan fingerprint density at radius 1 is 1.21 bits per heavy atom. The molecule has 0 aliphatic heterocycles. The van der Waals surface area contributed by atoms with Gasteiger partial charge in [0.1, 0.15) is 5.41 Å². The summed E-state index contributed by atoms with van der Waals surface area (Å²) in [6.45, 7) is 7.24. The third kappa shape index (κ3) is 4.75. The van der Waals surface area contributed by atoms with Crippen LogP contribution in [0.4, 0.5) is 0 Å². The van der Waals surface area contributed by atoms with Crippen LogP contribution in [0.25, 0.3) is 0 Å². The van der Waals surface area contributed by atoms with Gasteiger partial charge in [0.2, 0.25) is 5.91 Å². The van der Waals surface area contributed by atoms with Gasteiger partial charge in [-0.2, -0.15) is 5.26 Å². The molecule has 1 aromatic carbocycles. The summed E-state index contributed by atoms with van der Waals surface area (Å²) < 4.78 is 0. The van der Waals surface area contributed by atoms with Crippen LogP contribution in [0.15, 0.2) is 30.3 Å². The SMILES string of the molecule is CC(C)(CCc1ccccc1)NC(=O)C(C)(C)C#N. The second-order valence-corrected chi connectivity index (χ2v) is 6.06. The van der Waals surface area contributed by atoms with Crippen molar-refractivity contribution in [2.24, 2.45) is 5.41 Å². The highest BCUT2D eigenvalue weighted by Crippen LogP contribution is 2.18. The van der Waals surface area contributed by atoms with Gasteiger partial charge in [-0.1, -0.05) is 30.3 Å². The van der Waals surface area contributed by atoms with Gasteiger partial charge in [-0.25, -0.2) is 0 Å². The molecular formula is C16H22N2O. The standard InChI is InChI=1S/C16H22N2O/c1-15(2,12-17)14(19)18-16(3,4)11-10-13-8-6-5-7-9-13/h5-9H,10-11H2,1-4H3,(H,18,19). The van der Waals surface area contributed by atoms with E-state index < -0.39 is 5.41 Å². The molecule has 102 valence electrons. The number of amides is 1. The minimum atomic E-state index is -0.982. The Balaban J connectivity index is 2.58. The summed E-state index contributed by atoms with van der Waals surface area (Å²) in [5.74, 6) is -0.215. The first-order valence-corrected chi connectivity index (χ1v) is 6.55. The van der Waals surface area contributed by atoms with Crippen molar-refractivity contribution < 1.29 is 4.79 Å². The second kappa shape index (κ2) is 5.88. The van der Waals surface area contributed by atoms with E-state index in [4.69, 9.17) is 5.26 Å². The molecule has 0 heterocycles. The highest BCUT2D eigenvalue weighted by atomic mass is 16.2. The maximum absolute atomic E-state index is 12.0. The van der Waals surface area contributed by atoms with Crippen molar-refractivity contribution >= 4 is 5.91 Å². The van der Waals surface area contributed by atoms with E-state index in [1.165, 1.54) is 5.56 Å². The minimum absolute atomic E-state index is 0.215. The summed E-state index contributed by atoms with van der Waals surface area (Å²) in [6, 6.07) is 12.2. The predicted molar refractivity (Wildman–Crippen MR) is 76.4 cm³/mol. The Hall–Kier alpha value is -1.82. The van der Waals surface area contributed by atoms with Crippen LogP contribution in [0, 0.1) is 16.7 Å². The van der Waals surface area contributed by atoms with Crippen LogP contribution in [0.1, 0.15) is 39.7 Å². The Morgan fingerprint density at radius 2 is 1.79 bits per heavy atom. The van der Waals surface area contributed by atoms with E-state index in [0.717, 1.165) is 12.8 Å². The number of hydrogen-bond donors (Lipinski definition) is 1. The number of rotatable bonds is 5. The molecule has 0 saturated carbocycles. The van der Waals surface area contributed by atoms with Gasteiger partial charge >= 0.3 is 0 Å². The molecule has 0 fully saturated rings. The molecule has 1 rings (SSSR count). The maximum Gasteiger partial charge on any atom is 0.240 e. The largest absolute Gasteiger partial charge is 0.350 e. The molecule has 0 unspecified atom stereocenters. The zero-order valence-electron chi connectivity index (χ0n) is 12.2. The Kier molecular flexibility index (Phi) is 4.72. The molecule has 0 bridgehead atoms. The fourth-order valence-corrected chi connectivity index (χ4v) is 1.68. The molecule has 0 aliphatic rings. The zero-order chi connectivity index (χ0) is 14.5. The van der Waals surface area contributed by atoms with E-state index in [2.05, 4.69) is 17.4 Å². The normalized spacial score (nSPS) is 11.7. The van der Waals surface area contributed by atoms with Crippen molar-refractivity contribution in [3.63, 3.8) is 0 Å². The summed E-state index contributed by atoms with van der Waals surface area (Å²) in [5.41, 5.74) is -0.0465. The first-order chi connectivity index (χ1) is 8.77. The van der Waals surface area contributed by atoms with Crippen molar-refractivity contribution in [3.8, 4) is 6.07 Å². The van der Waals surface area contributed by atoms with E-state index >= 15 is 0 Å². The zero-order valence-corrected chi connectivity index (χ0v) is 12.2. The lowest BCUT2D eigenvalue weighted by Crippen LogP contribution is -2.48. The van der Waals surface area contributed by atoms with Crippen molar-refractivity contribution in [1.29, 1.82) is 5.26 Å². The third-order valence-electron chi connectivity index (χ3n) is 3.18. The van der Waals surface area contributed by atoms with Gasteiger partial charge < -0.3 is 5.32 Å². The molecule has 0 radical (unpaired) electrons. The lowest BCUT2D eigenvalue weighted by molar-refractivity contribution is -0.128. The molecule has 1 aromatic rings. The van der Waals surface area contributed by atoms with E-state index in [-0.39, 0.29) is 11.4 Å². The number of carbonyl (C=O) groups is 1. The summed E-state index contributed by atoms with van der Waals surface area (Å²) in [6.07, 6.45) is 1.74. The van der Waals surface area contributed by atoms with Crippen molar-refractivity contribution in [2.75, 3.05) is 0 Å². The van der Waals surface area contributed by atoms with Crippen LogP contribution < -0.4 is 5.32 Å². The van der Waals surface area contributed by atoms with Gasteiger partial charge in [0.15, 0.2) is 0 Å². The third-order valence-corrected chi connectivity index (χ3v) is 3.18. The number of hydrogen-bond acceptors (Lipinski definition) is 2. The molecular weight excluding hydrogens is 236 g/mol. The van der Waals surface area contributed by atoms with E-state index in [9.17, 15) is 4.79 Å². The fourth-order valence-electron chi connectivity index (χ4n) is 1.68. The highest BCUT2D eigenvalue weighted by molar-refractivity contribution is 5.85. The van der Waals surface area contributed by atoms with E-state index in [1.807, 2.05) is 38.1 Å². The fraction of sp³-hybridized carbons (Fsp3) is 0.500. The molecule has 0 atom stereocenters. The van der Waals surface area contributed by atoms with Gasteiger partial charge in [-0.05, 0) is 46.1 Å². The van der Waals surface area contributed by atoms with Gasteiger partial charge in [-0.3, -0.25) is 4.79 Å². The molecule has 3 heteroatoms. The number of nitrogens with one attached hydrogen (secondary N) is 1. The van der Waals surface area contributed by atoms with Crippen LogP contribution in [0.3, 0.4) is 0 Å². The average molecular weight is 258 g/mol. The van der Waals surface area contributed by atoms with Crippen molar-refractivity contribution in [1.82, 2.24) is 5.32 Å². The van der Waals surface area contributed by atoms with Gasteiger partial charge in [0.05, 0.1) is 6.07 Å². The van der Waals surface area contributed by atoms with E-state index in [0.29, 0.717) is 0 Å². The smallest absolute Gasteiger partial charge is 0.240 e. The Bertz CT molecular complexity index is 469. The summed E-state index contributed by atoms with van der Waals surface area (Å²) >= 11 is 0. The van der Waals surface area contributed by atoms with Crippen LogP contribution in [-0.2, 0) is 11.2 Å². The van der Waals surface area contributed by atoms with Gasteiger partial charge in [0.25, 0.3) is 0 Å². The van der Waals surface area contributed by atoms with Crippen molar-refractivity contribution in [2.45, 2.75) is 46.1 Å². The number of benzene rings is 1.